The maximum absolute atomic E-state index is 14.8. The molecule has 1 aliphatic heterocycles. The van der Waals surface area contributed by atoms with Crippen molar-refractivity contribution in [3.8, 4) is 17.1 Å². The van der Waals surface area contributed by atoms with E-state index in [1.807, 2.05) is 4.98 Å². The largest absolute Gasteiger partial charge is 0.466 e. The van der Waals surface area contributed by atoms with E-state index in [2.05, 4.69) is 25.3 Å². The molecule has 0 radical (unpaired) electrons. The number of halogens is 5. The molecule has 0 saturated carbocycles. The van der Waals surface area contributed by atoms with E-state index in [1.54, 1.807) is 0 Å². The van der Waals surface area contributed by atoms with Crippen molar-refractivity contribution in [1.82, 2.24) is 34.9 Å². The van der Waals surface area contributed by atoms with E-state index < -0.39 is 42.5 Å². The molecule has 4 aromatic rings. The zero-order valence-electron chi connectivity index (χ0n) is 18.0. The summed E-state index contributed by atoms with van der Waals surface area (Å²) in [5.41, 5.74) is -1.18. The van der Waals surface area contributed by atoms with Gasteiger partial charge < -0.3 is 14.6 Å². The average molecular weight is 510 g/mol. The van der Waals surface area contributed by atoms with Crippen LogP contribution in [0.4, 0.5) is 27.6 Å². The Morgan fingerprint density at radius 2 is 1.97 bits per heavy atom. The first-order valence-electron chi connectivity index (χ1n) is 10.3. The highest BCUT2D eigenvalue weighted by Crippen LogP contribution is 2.34. The summed E-state index contributed by atoms with van der Waals surface area (Å²) in [6.45, 7) is -2.44. The Hall–Kier alpha value is -4.37. The molecule has 188 valence electrons. The number of hydrogen-bond acceptors (Lipinski definition) is 8. The molecule has 0 aliphatic carbocycles. The Morgan fingerprint density at radius 3 is 2.72 bits per heavy atom. The van der Waals surface area contributed by atoms with Crippen LogP contribution in [0.3, 0.4) is 0 Å². The number of H-pyrrole nitrogens is 2. The van der Waals surface area contributed by atoms with Crippen LogP contribution in [0, 0.1) is 0 Å². The second-order valence-corrected chi connectivity index (χ2v) is 8.03. The van der Waals surface area contributed by atoms with Gasteiger partial charge in [-0.25, -0.2) is 18.6 Å². The second-order valence-electron chi connectivity index (χ2n) is 8.03. The van der Waals surface area contributed by atoms with Crippen LogP contribution in [-0.2, 0) is 6.54 Å². The number of nitrogens with one attached hydrogen (secondary N) is 2. The number of alkyl halides is 5. The van der Waals surface area contributed by atoms with Crippen molar-refractivity contribution in [2.75, 3.05) is 18.0 Å². The van der Waals surface area contributed by atoms with Gasteiger partial charge in [0.15, 0.2) is 6.10 Å². The zero-order valence-corrected chi connectivity index (χ0v) is 18.0. The normalized spacial score (nSPS) is 17.6. The topological polar surface area (TPSA) is 135 Å². The number of hydrogen-bond donors (Lipinski definition) is 2. The number of anilines is 1. The molecule has 11 nitrogen and oxygen atoms in total. The minimum absolute atomic E-state index is 0.0179. The van der Waals surface area contributed by atoms with E-state index in [4.69, 9.17) is 4.74 Å². The van der Waals surface area contributed by atoms with Crippen molar-refractivity contribution < 1.29 is 26.7 Å². The third-order valence-electron chi connectivity index (χ3n) is 5.45. The van der Waals surface area contributed by atoms with E-state index in [1.165, 1.54) is 29.6 Å². The molecule has 0 bridgehead atoms. The smallest absolute Gasteiger partial charge is 0.408 e. The standard InChI is InChI=1S/C20H15F5N8O3/c21-19(22)8-32(11-1-13(31-28-5-11)12-6-27-18(35)30-17(12)34)7-15(19)36-16-2-14-10(3-26-16)4-29-33(14)9-20(23,24)25/h1-6,15H,7-9H2,(H2,27,30,34,35). The lowest BCUT2D eigenvalue weighted by atomic mass is 10.2. The maximum Gasteiger partial charge on any atom is 0.408 e. The molecule has 0 aromatic carbocycles. The molecule has 0 amide bonds. The van der Waals surface area contributed by atoms with Gasteiger partial charge >= 0.3 is 17.8 Å². The fourth-order valence-electron chi connectivity index (χ4n) is 3.80. The van der Waals surface area contributed by atoms with Gasteiger partial charge in [0.2, 0.25) is 5.88 Å². The summed E-state index contributed by atoms with van der Waals surface area (Å²) in [4.78, 5) is 32.8. The highest BCUT2D eigenvalue weighted by atomic mass is 19.4. The van der Waals surface area contributed by atoms with Gasteiger partial charge in [-0.15, -0.1) is 0 Å². The van der Waals surface area contributed by atoms with Crippen molar-refractivity contribution in [3.63, 3.8) is 0 Å². The molecule has 1 atom stereocenters. The van der Waals surface area contributed by atoms with Crippen molar-refractivity contribution in [1.29, 1.82) is 0 Å². The predicted octanol–water partition coefficient (Wildman–Crippen LogP) is 1.73. The summed E-state index contributed by atoms with van der Waals surface area (Å²) < 4.78 is 74.1. The molecule has 16 heteroatoms. The highest BCUT2D eigenvalue weighted by Gasteiger charge is 2.50. The minimum Gasteiger partial charge on any atom is -0.466 e. The van der Waals surface area contributed by atoms with Crippen LogP contribution >= 0.6 is 0 Å². The Labute approximate surface area is 196 Å². The van der Waals surface area contributed by atoms with E-state index in [0.717, 1.165) is 12.3 Å². The Balaban J connectivity index is 1.38. The molecular formula is C20H15F5N8O3. The molecule has 4 aromatic heterocycles. The molecule has 1 fully saturated rings. The van der Waals surface area contributed by atoms with Crippen LogP contribution in [-0.4, -0.2) is 66.2 Å². The summed E-state index contributed by atoms with van der Waals surface area (Å²) in [6.07, 6.45) is -1.48. The monoisotopic (exact) mass is 510 g/mol. The first-order chi connectivity index (χ1) is 17.0. The summed E-state index contributed by atoms with van der Waals surface area (Å²) in [5, 5.41) is 11.5. The van der Waals surface area contributed by atoms with Crippen molar-refractivity contribution in [2.45, 2.75) is 24.7 Å². The van der Waals surface area contributed by atoms with Crippen LogP contribution in [0.5, 0.6) is 5.88 Å². The van der Waals surface area contributed by atoms with Gasteiger partial charge in [-0.05, 0) is 6.07 Å². The number of nitrogens with zero attached hydrogens (tertiary/aromatic N) is 6. The summed E-state index contributed by atoms with van der Waals surface area (Å²) >= 11 is 0. The molecule has 1 saturated heterocycles. The molecular weight excluding hydrogens is 495 g/mol. The number of fused-ring (bicyclic) bond motifs is 1. The first kappa shape index (κ1) is 23.4. The average Bonchev–Trinajstić information content (AvgIpc) is 3.32. The lowest BCUT2D eigenvalue weighted by Gasteiger charge is -2.18. The SMILES string of the molecule is O=c1[nH]cc(-c2cc(N3CC(Oc4cc5c(cn4)cnn5CC(F)(F)F)C(F)(F)C3)cnn2)c(=O)[nH]1. The molecule has 0 spiro atoms. The fraction of sp³-hybridized carbons (Fsp3) is 0.300. The van der Waals surface area contributed by atoms with Crippen LogP contribution in [0.2, 0.25) is 0 Å². The van der Waals surface area contributed by atoms with Gasteiger partial charge in [0, 0.05) is 23.8 Å². The van der Waals surface area contributed by atoms with E-state index in [0.29, 0.717) is 10.1 Å². The summed E-state index contributed by atoms with van der Waals surface area (Å²) in [5.74, 6) is -3.65. The number of aromatic nitrogens is 7. The number of pyridine rings is 1. The molecule has 1 unspecified atom stereocenters. The quantitative estimate of drug-likeness (QED) is 0.388. The Bertz CT molecular complexity index is 1550. The first-order valence-corrected chi connectivity index (χ1v) is 10.3. The summed E-state index contributed by atoms with van der Waals surface area (Å²) in [7, 11) is 0. The van der Waals surface area contributed by atoms with E-state index in [-0.39, 0.29) is 34.9 Å². The van der Waals surface area contributed by atoms with Gasteiger partial charge in [0.25, 0.3) is 5.56 Å². The minimum atomic E-state index is -4.53. The molecule has 5 rings (SSSR count). The number of ether oxygens (including phenoxy) is 1. The van der Waals surface area contributed by atoms with Crippen LogP contribution in [0.25, 0.3) is 22.2 Å². The summed E-state index contributed by atoms with van der Waals surface area (Å²) in [6, 6.07) is 2.48. The third kappa shape index (κ3) is 4.60. The lowest BCUT2D eigenvalue weighted by Crippen LogP contribution is -2.36. The molecule has 5 heterocycles. The van der Waals surface area contributed by atoms with Gasteiger partial charge in [-0.3, -0.25) is 14.5 Å². The van der Waals surface area contributed by atoms with Crippen molar-refractivity contribution in [3.05, 3.63) is 57.8 Å². The molecule has 2 N–H and O–H groups in total. The fourth-order valence-corrected chi connectivity index (χ4v) is 3.80. The second kappa shape index (κ2) is 8.39. The van der Waals surface area contributed by atoms with Crippen LogP contribution < -0.4 is 20.9 Å². The van der Waals surface area contributed by atoms with Gasteiger partial charge in [0.1, 0.15) is 12.2 Å². The van der Waals surface area contributed by atoms with E-state index in [9.17, 15) is 31.5 Å². The Kier molecular flexibility index (Phi) is 5.44. The van der Waals surface area contributed by atoms with E-state index >= 15 is 0 Å². The number of rotatable bonds is 5. The maximum atomic E-state index is 14.8. The third-order valence-corrected chi connectivity index (χ3v) is 5.45. The Morgan fingerprint density at radius 1 is 1.17 bits per heavy atom. The molecule has 1 aliphatic rings. The van der Waals surface area contributed by atoms with Gasteiger partial charge in [-0.2, -0.15) is 28.5 Å². The zero-order chi connectivity index (χ0) is 25.7. The highest BCUT2D eigenvalue weighted by molar-refractivity contribution is 5.78. The lowest BCUT2D eigenvalue weighted by molar-refractivity contribution is -0.141. The van der Waals surface area contributed by atoms with Gasteiger partial charge in [0.05, 0.1) is 42.3 Å². The molecule has 36 heavy (non-hydrogen) atoms. The van der Waals surface area contributed by atoms with Crippen molar-refractivity contribution in [2.24, 2.45) is 0 Å². The van der Waals surface area contributed by atoms with Crippen LogP contribution in [0.1, 0.15) is 0 Å². The van der Waals surface area contributed by atoms with Crippen molar-refractivity contribution >= 4 is 16.6 Å². The number of aromatic amines is 2. The van der Waals surface area contributed by atoms with Gasteiger partial charge in [-0.1, -0.05) is 0 Å². The van der Waals surface area contributed by atoms with Crippen LogP contribution in [0.15, 0.2) is 46.5 Å². The predicted molar refractivity (Wildman–Crippen MR) is 114 cm³/mol.